The van der Waals surface area contributed by atoms with Gasteiger partial charge in [0.2, 0.25) is 5.88 Å². The van der Waals surface area contributed by atoms with E-state index in [2.05, 4.69) is 26.7 Å². The van der Waals surface area contributed by atoms with Crippen molar-refractivity contribution in [2.45, 2.75) is 56.3 Å². The molecule has 2 saturated heterocycles. The van der Waals surface area contributed by atoms with Crippen LogP contribution in [0.3, 0.4) is 0 Å². The topological polar surface area (TPSA) is 63.6 Å². The molecule has 9 heteroatoms. The minimum absolute atomic E-state index is 0.127. The second kappa shape index (κ2) is 6.35. The van der Waals surface area contributed by atoms with Crippen LogP contribution in [-0.4, -0.2) is 69.9 Å². The molecule has 1 saturated carbocycles. The van der Waals surface area contributed by atoms with Gasteiger partial charge in [-0.05, 0) is 39.2 Å². The molecule has 0 bridgehead atoms. The van der Waals surface area contributed by atoms with Gasteiger partial charge in [0.1, 0.15) is 36.1 Å². The zero-order valence-corrected chi connectivity index (χ0v) is 17.0. The number of anilines is 1. The van der Waals surface area contributed by atoms with E-state index in [0.29, 0.717) is 49.8 Å². The molecule has 0 radical (unpaired) electrons. The fourth-order valence-corrected chi connectivity index (χ4v) is 5.61. The summed E-state index contributed by atoms with van der Waals surface area (Å²) < 4.78 is 40.8. The Bertz CT molecular complexity index is 1020. The third-order valence-corrected chi connectivity index (χ3v) is 7.28. The first-order chi connectivity index (χ1) is 14.5. The Morgan fingerprint density at radius 3 is 2.97 bits per heavy atom. The first kappa shape index (κ1) is 18.5. The molecule has 4 aliphatic rings. The molecule has 1 spiro atoms. The maximum atomic E-state index is 14.7. The van der Waals surface area contributed by atoms with Crippen molar-refractivity contribution >= 4 is 16.7 Å². The maximum Gasteiger partial charge on any atom is 0.319 e. The molecule has 0 amide bonds. The molecule has 3 fully saturated rings. The van der Waals surface area contributed by atoms with Crippen LogP contribution >= 0.6 is 0 Å². The van der Waals surface area contributed by atoms with E-state index in [9.17, 15) is 8.78 Å². The van der Waals surface area contributed by atoms with Crippen molar-refractivity contribution < 1.29 is 18.3 Å². The van der Waals surface area contributed by atoms with E-state index < -0.39 is 12.0 Å². The molecule has 0 unspecified atom stereocenters. The Morgan fingerprint density at radius 1 is 1.30 bits per heavy atom. The van der Waals surface area contributed by atoms with Crippen LogP contribution in [0, 0.1) is 5.82 Å². The smallest absolute Gasteiger partial charge is 0.319 e. The van der Waals surface area contributed by atoms with Crippen molar-refractivity contribution in [2.24, 2.45) is 0 Å². The second-order valence-corrected chi connectivity index (χ2v) is 9.09. The van der Waals surface area contributed by atoms with Crippen molar-refractivity contribution in [3.8, 4) is 11.9 Å². The molecule has 160 valence electrons. The maximum absolute atomic E-state index is 14.7. The molecule has 0 aromatic carbocycles. The summed E-state index contributed by atoms with van der Waals surface area (Å²) in [6.45, 7) is 4.93. The molecule has 2 aromatic rings. The van der Waals surface area contributed by atoms with Gasteiger partial charge in [-0.2, -0.15) is 9.97 Å². The van der Waals surface area contributed by atoms with Crippen LogP contribution in [0.1, 0.15) is 39.0 Å². The number of likely N-dealkylation sites (N-methyl/N-ethyl adjacent to an activating group) is 1. The summed E-state index contributed by atoms with van der Waals surface area (Å²) in [6.07, 6.45) is 4.70. The highest BCUT2D eigenvalue weighted by molar-refractivity contribution is 5.95. The van der Waals surface area contributed by atoms with Crippen LogP contribution in [-0.2, 0) is 0 Å². The quantitative estimate of drug-likeness (QED) is 0.758. The number of fused-ring (bicyclic) bond motifs is 1. The Morgan fingerprint density at radius 2 is 2.17 bits per heavy atom. The number of ether oxygens (including phenoxy) is 2. The number of halogens is 2. The summed E-state index contributed by atoms with van der Waals surface area (Å²) in [6, 6.07) is 0.133. The van der Waals surface area contributed by atoms with E-state index in [4.69, 9.17) is 14.5 Å². The van der Waals surface area contributed by atoms with Gasteiger partial charge >= 0.3 is 6.01 Å². The third-order valence-electron chi connectivity index (χ3n) is 7.28. The van der Waals surface area contributed by atoms with Crippen LogP contribution in [0.2, 0.25) is 0 Å². The van der Waals surface area contributed by atoms with Crippen molar-refractivity contribution in [1.29, 1.82) is 0 Å². The summed E-state index contributed by atoms with van der Waals surface area (Å²) in [5, 5.41) is 0.498. The highest BCUT2D eigenvalue weighted by atomic mass is 19.1. The highest BCUT2D eigenvalue weighted by Crippen LogP contribution is 2.49. The van der Waals surface area contributed by atoms with Crippen LogP contribution in [0.5, 0.6) is 11.9 Å². The van der Waals surface area contributed by atoms with Gasteiger partial charge in [0.15, 0.2) is 5.82 Å². The normalized spacial score (nSPS) is 29.2. The largest absolute Gasteiger partial charge is 0.475 e. The number of alkyl halides is 1. The zero-order chi connectivity index (χ0) is 20.5. The zero-order valence-electron chi connectivity index (χ0n) is 17.0. The number of aromatic nitrogens is 3. The SMILES string of the molecule is CCN1c2nc(OC[C@@]34CCCN3C[C@H](F)C4)nc3c(F)cnc(c23)OCC12CC2. The number of hydrogen-bond acceptors (Lipinski definition) is 7. The van der Waals surface area contributed by atoms with E-state index in [-0.39, 0.29) is 22.6 Å². The first-order valence-electron chi connectivity index (χ1n) is 10.8. The molecule has 5 heterocycles. The number of nitrogens with zero attached hydrogens (tertiary/aromatic N) is 5. The van der Waals surface area contributed by atoms with Gasteiger partial charge in [0.05, 0.1) is 17.3 Å². The van der Waals surface area contributed by atoms with Gasteiger partial charge in [-0.1, -0.05) is 0 Å². The molecule has 1 aliphatic carbocycles. The molecule has 6 rings (SSSR count). The summed E-state index contributed by atoms with van der Waals surface area (Å²) in [5.74, 6) is 0.455. The lowest BCUT2D eigenvalue weighted by Gasteiger charge is -2.32. The predicted octanol–water partition coefficient (Wildman–Crippen LogP) is 2.87. The fraction of sp³-hybridized carbons (Fsp3) is 0.667. The number of hydrogen-bond donors (Lipinski definition) is 0. The highest BCUT2D eigenvalue weighted by Gasteiger charge is 2.52. The molecule has 0 N–H and O–H groups in total. The Hall–Kier alpha value is -2.29. The lowest BCUT2D eigenvalue weighted by molar-refractivity contribution is 0.107. The summed E-state index contributed by atoms with van der Waals surface area (Å²) in [5.41, 5.74) is -0.274. The van der Waals surface area contributed by atoms with Crippen LogP contribution in [0.4, 0.5) is 14.6 Å². The van der Waals surface area contributed by atoms with Crippen LogP contribution < -0.4 is 14.4 Å². The van der Waals surface area contributed by atoms with E-state index in [1.165, 1.54) is 0 Å². The van der Waals surface area contributed by atoms with Gasteiger partial charge in [0, 0.05) is 19.5 Å². The van der Waals surface area contributed by atoms with Crippen LogP contribution in [0.15, 0.2) is 6.20 Å². The Labute approximate surface area is 173 Å². The molecular formula is C21H25F2N5O2. The third kappa shape index (κ3) is 2.60. The van der Waals surface area contributed by atoms with E-state index >= 15 is 0 Å². The lowest BCUT2D eigenvalue weighted by Crippen LogP contribution is -2.43. The Kier molecular flexibility index (Phi) is 3.91. The van der Waals surface area contributed by atoms with Crippen molar-refractivity contribution in [3.63, 3.8) is 0 Å². The second-order valence-electron chi connectivity index (χ2n) is 9.09. The monoisotopic (exact) mass is 417 g/mol. The first-order valence-corrected chi connectivity index (χ1v) is 10.8. The molecular weight excluding hydrogens is 392 g/mol. The fourth-order valence-electron chi connectivity index (χ4n) is 5.61. The number of pyridine rings is 1. The molecule has 30 heavy (non-hydrogen) atoms. The minimum Gasteiger partial charge on any atom is -0.475 e. The molecule has 3 aliphatic heterocycles. The Balaban J connectivity index is 1.41. The van der Waals surface area contributed by atoms with Gasteiger partial charge in [-0.3, -0.25) is 4.90 Å². The van der Waals surface area contributed by atoms with E-state index in [1.807, 2.05) is 0 Å². The van der Waals surface area contributed by atoms with Gasteiger partial charge in [0.25, 0.3) is 0 Å². The average molecular weight is 417 g/mol. The molecule has 2 atom stereocenters. The van der Waals surface area contributed by atoms with E-state index in [0.717, 1.165) is 38.4 Å². The van der Waals surface area contributed by atoms with Crippen molar-refractivity contribution in [1.82, 2.24) is 19.9 Å². The molecule has 2 aromatic heterocycles. The standard InChI is InChI=1S/C21H25F2N5O2/c1-2-28-17-15-16(14(23)9-24-18(15)29-11-20(28)5-6-20)25-19(26-17)30-12-21-4-3-7-27(21)10-13(22)8-21/h9,13H,2-8,10-12H2,1H3/t13-,21+/m1/s1. The summed E-state index contributed by atoms with van der Waals surface area (Å²) in [4.78, 5) is 17.6. The van der Waals surface area contributed by atoms with E-state index in [1.54, 1.807) is 0 Å². The van der Waals surface area contributed by atoms with Crippen molar-refractivity contribution in [2.75, 3.05) is 37.7 Å². The van der Waals surface area contributed by atoms with Crippen LogP contribution in [0.25, 0.3) is 10.9 Å². The number of rotatable bonds is 4. The summed E-state index contributed by atoms with van der Waals surface area (Å²) in [7, 11) is 0. The van der Waals surface area contributed by atoms with Gasteiger partial charge < -0.3 is 14.4 Å². The van der Waals surface area contributed by atoms with Gasteiger partial charge in [-0.25, -0.2) is 13.8 Å². The minimum atomic E-state index is -0.829. The summed E-state index contributed by atoms with van der Waals surface area (Å²) >= 11 is 0. The lowest BCUT2D eigenvalue weighted by atomic mass is 9.95. The molecule has 7 nitrogen and oxygen atoms in total. The average Bonchev–Trinajstić information content (AvgIpc) is 3.34. The van der Waals surface area contributed by atoms with Gasteiger partial charge in [-0.15, -0.1) is 0 Å². The van der Waals surface area contributed by atoms with Crippen molar-refractivity contribution in [3.05, 3.63) is 12.0 Å². The predicted molar refractivity (Wildman–Crippen MR) is 106 cm³/mol.